The molecule has 1 aromatic carbocycles. The number of rotatable bonds is 5. The fourth-order valence-electron chi connectivity index (χ4n) is 3.76. The third-order valence-corrected chi connectivity index (χ3v) is 7.18. The Kier molecular flexibility index (Phi) is 7.36. The quantitative estimate of drug-likeness (QED) is 0.528. The minimum absolute atomic E-state index is 0.145. The lowest BCUT2D eigenvalue weighted by molar-refractivity contribution is -0.215. The van der Waals surface area contributed by atoms with Gasteiger partial charge in [-0.2, -0.15) is 13.2 Å². The van der Waals surface area contributed by atoms with Gasteiger partial charge in [0, 0.05) is 20.1 Å². The lowest BCUT2D eigenvalue weighted by Crippen LogP contribution is -2.49. The Labute approximate surface area is 180 Å². The average Bonchev–Trinajstić information content (AvgIpc) is 3.14. The van der Waals surface area contributed by atoms with Crippen LogP contribution in [0, 0.1) is 5.82 Å². The highest BCUT2D eigenvalue weighted by atomic mass is 32.2. The Balaban J connectivity index is 1.53. The van der Waals surface area contributed by atoms with Crippen LogP contribution in [-0.2, 0) is 20.8 Å². The molecule has 1 spiro atoms. The number of carbonyl (C=O) groups is 1. The van der Waals surface area contributed by atoms with Crippen LogP contribution in [0.15, 0.2) is 29.2 Å². The molecular formula is C19H24F4N2O5S. The van der Waals surface area contributed by atoms with Crippen molar-refractivity contribution in [1.29, 1.82) is 0 Å². The molecule has 3 rings (SSSR count). The second-order valence-corrected chi connectivity index (χ2v) is 9.23. The molecule has 1 aromatic rings. The van der Waals surface area contributed by atoms with Crippen LogP contribution in [0.1, 0.15) is 19.3 Å². The summed E-state index contributed by atoms with van der Waals surface area (Å²) in [6.45, 7) is -0.734. The molecule has 2 saturated heterocycles. The van der Waals surface area contributed by atoms with E-state index in [9.17, 15) is 26.9 Å². The Morgan fingerprint density at radius 1 is 1.39 bits per heavy atom. The largest absolute Gasteiger partial charge is 0.593 e. The van der Waals surface area contributed by atoms with Crippen molar-refractivity contribution in [2.24, 2.45) is 0 Å². The third kappa shape index (κ3) is 5.61. The van der Waals surface area contributed by atoms with Crippen molar-refractivity contribution >= 4 is 17.5 Å². The lowest BCUT2D eigenvalue weighted by atomic mass is 9.87. The lowest BCUT2D eigenvalue weighted by Gasteiger charge is -2.38. The molecule has 0 radical (unpaired) electrons. The predicted octanol–water partition coefficient (Wildman–Crippen LogP) is 2.46. The molecule has 2 aliphatic rings. The van der Waals surface area contributed by atoms with Crippen molar-refractivity contribution in [3.05, 3.63) is 30.1 Å². The SMILES string of the molecule is CN(C1COC2(CCN(C(=O)O[C@H](CO)C(F)(F)F)CC2)C1)[S+]([O-])c1ccc(F)cc1. The highest BCUT2D eigenvalue weighted by Gasteiger charge is 2.48. The van der Waals surface area contributed by atoms with Gasteiger partial charge in [-0.3, -0.25) is 0 Å². The maximum Gasteiger partial charge on any atom is 0.427 e. The molecule has 174 valence electrons. The molecular weight excluding hydrogens is 444 g/mol. The summed E-state index contributed by atoms with van der Waals surface area (Å²) in [7, 11) is 1.69. The Morgan fingerprint density at radius 3 is 2.55 bits per heavy atom. The Hall–Kier alpha value is -1.60. The number of amides is 1. The van der Waals surface area contributed by atoms with Gasteiger partial charge in [-0.05, 0) is 43.5 Å². The first-order chi connectivity index (χ1) is 14.5. The number of likely N-dealkylation sites (tertiary alicyclic amines) is 1. The highest BCUT2D eigenvalue weighted by molar-refractivity contribution is 7.89. The fourth-order valence-corrected chi connectivity index (χ4v) is 4.86. The third-order valence-electron chi connectivity index (χ3n) is 5.69. The van der Waals surface area contributed by atoms with Gasteiger partial charge in [-0.15, -0.1) is 4.31 Å². The van der Waals surface area contributed by atoms with Crippen molar-refractivity contribution in [1.82, 2.24) is 9.21 Å². The van der Waals surface area contributed by atoms with Gasteiger partial charge in [-0.1, -0.05) is 0 Å². The molecule has 31 heavy (non-hydrogen) atoms. The molecule has 0 aliphatic carbocycles. The van der Waals surface area contributed by atoms with Crippen LogP contribution in [0.2, 0.25) is 0 Å². The summed E-state index contributed by atoms with van der Waals surface area (Å²) in [5, 5.41) is 8.81. The summed E-state index contributed by atoms with van der Waals surface area (Å²) in [5.41, 5.74) is -0.566. The number of hydrogen-bond acceptors (Lipinski definition) is 6. The van der Waals surface area contributed by atoms with Crippen LogP contribution in [0.4, 0.5) is 22.4 Å². The van der Waals surface area contributed by atoms with Gasteiger partial charge in [-0.25, -0.2) is 9.18 Å². The average molecular weight is 468 g/mol. The van der Waals surface area contributed by atoms with Crippen molar-refractivity contribution in [3.8, 4) is 0 Å². The van der Waals surface area contributed by atoms with Gasteiger partial charge < -0.3 is 24.0 Å². The minimum Gasteiger partial charge on any atom is -0.593 e. The van der Waals surface area contributed by atoms with Crippen molar-refractivity contribution in [2.75, 3.05) is 33.4 Å². The summed E-state index contributed by atoms with van der Waals surface area (Å²) in [6, 6.07) is 5.22. The van der Waals surface area contributed by atoms with Crippen molar-refractivity contribution in [2.45, 2.75) is 48.1 Å². The molecule has 1 amide bonds. The molecule has 0 aromatic heterocycles. The second-order valence-electron chi connectivity index (χ2n) is 7.68. The fraction of sp³-hybridized carbons (Fsp3) is 0.632. The van der Waals surface area contributed by atoms with Crippen molar-refractivity contribution < 1.29 is 41.5 Å². The molecule has 0 saturated carbocycles. The minimum atomic E-state index is -4.84. The van der Waals surface area contributed by atoms with Gasteiger partial charge in [0.2, 0.25) is 6.10 Å². The smallest absolute Gasteiger partial charge is 0.427 e. The van der Waals surface area contributed by atoms with Crippen molar-refractivity contribution in [3.63, 3.8) is 0 Å². The van der Waals surface area contributed by atoms with E-state index >= 15 is 0 Å². The number of nitrogens with zero attached hydrogens (tertiary/aromatic N) is 2. The summed E-state index contributed by atoms with van der Waals surface area (Å²) >= 11 is -1.51. The van der Waals surface area contributed by atoms with Crippen LogP contribution < -0.4 is 0 Å². The van der Waals surface area contributed by atoms with Crippen LogP contribution >= 0.6 is 0 Å². The number of carbonyl (C=O) groups excluding carboxylic acids is 1. The number of piperidine rings is 1. The van der Waals surface area contributed by atoms with Gasteiger partial charge >= 0.3 is 12.3 Å². The Morgan fingerprint density at radius 2 is 2.00 bits per heavy atom. The molecule has 3 atom stereocenters. The van der Waals surface area contributed by atoms with E-state index in [0.717, 1.165) is 4.90 Å². The molecule has 2 aliphatic heterocycles. The van der Waals surface area contributed by atoms with Crippen LogP contribution in [0.25, 0.3) is 0 Å². The first kappa shape index (κ1) is 24.1. The zero-order valence-corrected chi connectivity index (χ0v) is 17.6. The molecule has 2 fully saturated rings. The molecule has 7 nitrogen and oxygen atoms in total. The number of alkyl halides is 3. The maximum atomic E-state index is 13.1. The van der Waals surface area contributed by atoms with E-state index in [-0.39, 0.29) is 19.1 Å². The number of hydrogen-bond donors (Lipinski definition) is 1. The molecule has 2 heterocycles. The van der Waals surface area contributed by atoms with Gasteiger partial charge in [0.05, 0.1) is 36.2 Å². The highest BCUT2D eigenvalue weighted by Crippen LogP contribution is 2.39. The molecule has 0 bridgehead atoms. The normalized spacial score (nSPS) is 23.2. The monoisotopic (exact) mass is 468 g/mol. The van der Waals surface area contributed by atoms with E-state index in [2.05, 4.69) is 4.74 Å². The first-order valence-corrected chi connectivity index (χ1v) is 10.8. The summed E-state index contributed by atoms with van der Waals surface area (Å²) < 4.78 is 75.9. The topological polar surface area (TPSA) is 85.3 Å². The van der Waals surface area contributed by atoms with Gasteiger partial charge in [0.25, 0.3) is 0 Å². The second kappa shape index (κ2) is 9.49. The number of aliphatic hydroxyl groups is 1. The van der Waals surface area contributed by atoms with Gasteiger partial charge in [0.15, 0.2) is 4.90 Å². The first-order valence-electron chi connectivity index (χ1n) is 9.72. The van der Waals surface area contributed by atoms with E-state index in [4.69, 9.17) is 9.84 Å². The zero-order valence-electron chi connectivity index (χ0n) is 16.8. The number of benzene rings is 1. The predicted molar refractivity (Wildman–Crippen MR) is 102 cm³/mol. The van der Waals surface area contributed by atoms with Gasteiger partial charge in [0.1, 0.15) is 5.82 Å². The number of ether oxygens (including phenoxy) is 2. The zero-order chi connectivity index (χ0) is 22.8. The Bertz CT molecular complexity index is 759. The molecule has 1 N–H and O–H groups in total. The number of halogens is 4. The van der Waals surface area contributed by atoms with Crippen LogP contribution in [0.3, 0.4) is 0 Å². The summed E-state index contributed by atoms with van der Waals surface area (Å²) in [4.78, 5) is 13.7. The van der Waals surface area contributed by atoms with Crippen LogP contribution in [-0.4, -0.2) is 82.2 Å². The van der Waals surface area contributed by atoms with E-state index in [1.165, 1.54) is 24.3 Å². The maximum absolute atomic E-state index is 13.1. The summed E-state index contributed by atoms with van der Waals surface area (Å²) in [5.74, 6) is -0.419. The molecule has 2 unspecified atom stereocenters. The number of aliphatic hydroxyl groups excluding tert-OH is 1. The van der Waals surface area contributed by atoms with E-state index in [1.54, 1.807) is 11.4 Å². The number of likely N-dealkylation sites (N-methyl/N-ethyl adjacent to an activating group) is 1. The van der Waals surface area contributed by atoms with E-state index in [0.29, 0.717) is 30.8 Å². The van der Waals surface area contributed by atoms with E-state index < -0.39 is 47.8 Å². The summed E-state index contributed by atoms with van der Waals surface area (Å²) in [6.07, 6.45) is -7.19. The standard InChI is InChI=1S/C19H24F4N2O5S/c1-24(31(28)15-4-2-13(20)3-5-15)14-10-18(29-12-14)6-8-25(9-7-18)17(27)30-16(11-26)19(21,22)23/h2-5,14,16,26H,6-12H2,1H3/t14?,16-,31?/m1/s1. The van der Waals surface area contributed by atoms with Crippen LogP contribution in [0.5, 0.6) is 0 Å². The van der Waals surface area contributed by atoms with E-state index in [1.807, 2.05) is 0 Å². The molecule has 12 heteroatoms.